The van der Waals surface area contributed by atoms with Crippen LogP contribution in [-0.4, -0.2) is 53.3 Å². The number of pyridine rings is 2. The van der Waals surface area contributed by atoms with E-state index in [-0.39, 0.29) is 48.8 Å². The number of carbonyl (C=O) groups excluding carboxylic acids is 1. The summed E-state index contributed by atoms with van der Waals surface area (Å²) >= 11 is 0. The molecule has 2 aromatic heterocycles. The van der Waals surface area contributed by atoms with Crippen molar-refractivity contribution < 1.29 is 32.5 Å². The zero-order chi connectivity index (χ0) is 27.9. The number of Topliss-reactive ketones (excluding diaryl/α,β-unsaturated/α-hetero) is 1. The molecule has 1 saturated carbocycles. The molecule has 1 aliphatic heterocycles. The van der Waals surface area contributed by atoms with E-state index in [4.69, 9.17) is 15.2 Å². The van der Waals surface area contributed by atoms with Gasteiger partial charge in [-0.1, -0.05) is 6.92 Å². The number of methoxy groups -OCH3 is 1. The van der Waals surface area contributed by atoms with Crippen molar-refractivity contribution in [2.75, 3.05) is 20.3 Å². The molecule has 1 aliphatic carbocycles. The maximum Gasteiger partial charge on any atom is 0.185 e. The molecule has 7 nitrogen and oxygen atoms in total. The number of nitrogens with two attached hydrogens (primary N) is 1. The van der Waals surface area contributed by atoms with Crippen molar-refractivity contribution in [1.29, 1.82) is 0 Å². The van der Waals surface area contributed by atoms with Gasteiger partial charge in [-0.25, -0.2) is 18.2 Å². The molecule has 0 unspecified atom stereocenters. The smallest absolute Gasteiger partial charge is 0.185 e. The van der Waals surface area contributed by atoms with Crippen molar-refractivity contribution in [3.63, 3.8) is 0 Å². The summed E-state index contributed by atoms with van der Waals surface area (Å²) in [6, 6.07) is 5.78. The fourth-order valence-electron chi connectivity index (χ4n) is 5.60. The van der Waals surface area contributed by atoms with Crippen molar-refractivity contribution >= 4 is 5.78 Å². The normalized spacial score (nSPS) is 24.3. The monoisotopic (exact) mass is 541 g/mol. The van der Waals surface area contributed by atoms with Crippen LogP contribution in [0.1, 0.15) is 52.9 Å². The van der Waals surface area contributed by atoms with E-state index >= 15 is 8.78 Å². The summed E-state index contributed by atoms with van der Waals surface area (Å²) < 4.78 is 55.7. The molecule has 10 heteroatoms. The van der Waals surface area contributed by atoms with E-state index in [0.29, 0.717) is 18.4 Å². The minimum absolute atomic E-state index is 0.0106. The average Bonchev–Trinajstić information content (AvgIpc) is 2.87. The third-order valence-corrected chi connectivity index (χ3v) is 7.96. The highest BCUT2D eigenvalue weighted by atomic mass is 19.1. The molecule has 0 bridgehead atoms. The predicted octanol–water partition coefficient (Wildman–Crippen LogP) is 4.06. The second kappa shape index (κ2) is 10.8. The number of rotatable bonds is 7. The zero-order valence-corrected chi connectivity index (χ0v) is 21.7. The lowest BCUT2D eigenvalue weighted by molar-refractivity contribution is -0.202. The molecule has 1 aromatic carbocycles. The summed E-state index contributed by atoms with van der Waals surface area (Å²) in [5.41, 5.74) is 5.58. The molecule has 0 radical (unpaired) electrons. The molecular formula is C29H30F3N3O4. The molecule has 206 valence electrons. The van der Waals surface area contributed by atoms with E-state index in [0.717, 1.165) is 23.8 Å². The molecular weight excluding hydrogens is 511 g/mol. The van der Waals surface area contributed by atoms with Gasteiger partial charge in [-0.15, -0.1) is 0 Å². The number of hydrogen-bond acceptors (Lipinski definition) is 7. The minimum Gasteiger partial charge on any atom is -0.391 e. The topological polar surface area (TPSA) is 108 Å². The van der Waals surface area contributed by atoms with E-state index in [1.54, 1.807) is 12.4 Å². The minimum atomic E-state index is -1.02. The maximum absolute atomic E-state index is 15.2. The van der Waals surface area contributed by atoms with E-state index in [1.165, 1.54) is 13.2 Å². The molecule has 4 atom stereocenters. The lowest BCUT2D eigenvalue weighted by Crippen LogP contribution is -2.48. The van der Waals surface area contributed by atoms with Gasteiger partial charge in [0.05, 0.1) is 24.9 Å². The summed E-state index contributed by atoms with van der Waals surface area (Å²) in [5, 5.41) is 10.2. The van der Waals surface area contributed by atoms with Crippen LogP contribution in [0.2, 0.25) is 0 Å². The van der Waals surface area contributed by atoms with E-state index in [2.05, 4.69) is 9.97 Å². The van der Waals surface area contributed by atoms with E-state index < -0.39 is 46.2 Å². The zero-order valence-electron chi connectivity index (χ0n) is 21.7. The number of hydrogen-bond donors (Lipinski definition) is 2. The molecule has 39 heavy (non-hydrogen) atoms. The summed E-state index contributed by atoms with van der Waals surface area (Å²) in [6.45, 7) is 2.22. The summed E-state index contributed by atoms with van der Waals surface area (Å²) in [4.78, 5) is 21.5. The first-order valence-electron chi connectivity index (χ1n) is 12.8. The van der Waals surface area contributed by atoms with Crippen LogP contribution in [0.3, 0.4) is 0 Å². The van der Waals surface area contributed by atoms with Crippen LogP contribution >= 0.6 is 0 Å². The van der Waals surface area contributed by atoms with Gasteiger partial charge in [0.25, 0.3) is 0 Å². The van der Waals surface area contributed by atoms with Crippen LogP contribution in [0.25, 0.3) is 11.3 Å². The van der Waals surface area contributed by atoms with Gasteiger partial charge in [0.2, 0.25) is 0 Å². The Labute approximate surface area is 224 Å². The van der Waals surface area contributed by atoms with Crippen LogP contribution in [0.5, 0.6) is 0 Å². The van der Waals surface area contributed by atoms with Gasteiger partial charge in [-0.2, -0.15) is 0 Å². The molecule has 5 rings (SSSR count). The number of aromatic nitrogens is 2. The number of benzene rings is 1. The van der Waals surface area contributed by atoms with Crippen LogP contribution in [0, 0.1) is 23.4 Å². The number of halogens is 3. The molecule has 3 aromatic rings. The van der Waals surface area contributed by atoms with Crippen molar-refractivity contribution in [3.8, 4) is 11.3 Å². The Morgan fingerprint density at radius 3 is 2.49 bits per heavy atom. The Kier molecular flexibility index (Phi) is 7.56. The molecule has 1 saturated heterocycles. The second-order valence-corrected chi connectivity index (χ2v) is 10.5. The summed E-state index contributed by atoms with van der Waals surface area (Å²) in [7, 11) is 1.42. The molecule has 2 fully saturated rings. The Balaban J connectivity index is 1.43. The fraction of sp³-hybridized carbons (Fsp3) is 0.414. The van der Waals surface area contributed by atoms with Gasteiger partial charge >= 0.3 is 0 Å². The molecule has 3 N–H and O–H groups in total. The van der Waals surface area contributed by atoms with Crippen molar-refractivity contribution in [2.45, 2.75) is 49.9 Å². The highest BCUT2D eigenvalue weighted by molar-refractivity contribution is 5.96. The largest absolute Gasteiger partial charge is 0.391 e. The average molecular weight is 542 g/mol. The van der Waals surface area contributed by atoms with E-state index in [1.807, 2.05) is 13.0 Å². The quantitative estimate of drug-likeness (QED) is 0.435. The van der Waals surface area contributed by atoms with Gasteiger partial charge < -0.3 is 20.3 Å². The second-order valence-electron chi connectivity index (χ2n) is 10.5. The number of aliphatic hydroxyl groups excluding tert-OH is 1. The van der Waals surface area contributed by atoms with Gasteiger partial charge in [0, 0.05) is 32.0 Å². The Morgan fingerprint density at radius 1 is 1.15 bits per heavy atom. The number of aliphatic hydroxyl groups is 1. The van der Waals surface area contributed by atoms with Gasteiger partial charge in [0.1, 0.15) is 34.4 Å². The van der Waals surface area contributed by atoms with Crippen molar-refractivity contribution in [2.24, 2.45) is 11.7 Å². The maximum atomic E-state index is 15.2. The molecule has 0 spiro atoms. The van der Waals surface area contributed by atoms with Crippen LogP contribution in [-0.2, 0) is 21.5 Å². The van der Waals surface area contributed by atoms with Crippen LogP contribution in [0.4, 0.5) is 13.2 Å². The Morgan fingerprint density at radius 2 is 1.87 bits per heavy atom. The molecule has 2 aliphatic rings. The Bertz CT molecular complexity index is 1360. The first kappa shape index (κ1) is 27.4. The highest BCUT2D eigenvalue weighted by Gasteiger charge is 2.42. The highest BCUT2D eigenvalue weighted by Crippen LogP contribution is 2.38. The number of ether oxygens (including phenoxy) is 2. The van der Waals surface area contributed by atoms with Gasteiger partial charge in [0.15, 0.2) is 5.78 Å². The Hall–Kier alpha value is -3.18. The standard InChI is InChI=1S/C29H30F3N3O4/c1-15-7-16(8-23(33)28(15)37)19-5-6-34-12-17(19)9-25(36)24-4-3-20(30)27(35-24)26-21(31)10-18(11-22(26)32)29(38-2)13-39-14-29/h3-6,10-12,15-16,23,28,37H,7-9,13-14,33H2,1-2H3/t15-,16+,23+,28+/m0/s1. The lowest BCUT2D eigenvalue weighted by atomic mass is 9.74. The van der Waals surface area contributed by atoms with Gasteiger partial charge in [-0.3, -0.25) is 9.78 Å². The SMILES string of the molecule is COC1(c2cc(F)c(-c3nc(C(=O)Cc4cnccc4[C@H]4C[C@@H](N)[C@H](O)[C@@H](C)C4)ccc3F)c(F)c2)COC1. The number of ketones is 1. The number of nitrogens with zero attached hydrogens (tertiary/aromatic N) is 2. The van der Waals surface area contributed by atoms with Crippen LogP contribution in [0.15, 0.2) is 42.7 Å². The van der Waals surface area contributed by atoms with Crippen molar-refractivity contribution in [3.05, 3.63) is 82.6 Å². The lowest BCUT2D eigenvalue weighted by Gasteiger charge is -2.40. The fourth-order valence-corrected chi connectivity index (χ4v) is 5.60. The van der Waals surface area contributed by atoms with Crippen LogP contribution < -0.4 is 5.73 Å². The third-order valence-electron chi connectivity index (χ3n) is 7.96. The first-order valence-corrected chi connectivity index (χ1v) is 12.8. The number of carbonyl (C=O) groups is 1. The predicted molar refractivity (Wildman–Crippen MR) is 136 cm³/mol. The molecule has 3 heterocycles. The molecule has 0 amide bonds. The summed E-state index contributed by atoms with van der Waals surface area (Å²) in [5.74, 6) is -3.45. The van der Waals surface area contributed by atoms with Crippen molar-refractivity contribution in [1.82, 2.24) is 9.97 Å². The third kappa shape index (κ3) is 5.09. The first-order chi connectivity index (χ1) is 18.6. The van der Waals surface area contributed by atoms with Gasteiger partial charge in [-0.05, 0) is 71.7 Å². The summed E-state index contributed by atoms with van der Waals surface area (Å²) in [6.07, 6.45) is 3.80. The van der Waals surface area contributed by atoms with E-state index in [9.17, 15) is 14.3 Å².